The van der Waals surface area contributed by atoms with Crippen LogP contribution in [0.1, 0.15) is 33.1 Å². The Morgan fingerprint density at radius 3 is 2.47 bits per heavy atom. The molecule has 1 heterocycles. The van der Waals surface area contributed by atoms with Crippen LogP contribution in [0.3, 0.4) is 0 Å². The third kappa shape index (κ3) is 1.66. The summed E-state index contributed by atoms with van der Waals surface area (Å²) in [5, 5.41) is 9.60. The second-order valence-corrected chi connectivity index (χ2v) is 5.57. The smallest absolute Gasteiger partial charge is 0.230 e. The third-order valence-corrected chi connectivity index (χ3v) is 3.87. The maximum Gasteiger partial charge on any atom is 0.230 e. The van der Waals surface area contributed by atoms with Crippen LogP contribution in [0.4, 0.5) is 0 Å². The van der Waals surface area contributed by atoms with E-state index in [0.29, 0.717) is 13.1 Å². The van der Waals surface area contributed by atoms with Crippen LogP contribution in [0.2, 0.25) is 0 Å². The van der Waals surface area contributed by atoms with Crippen LogP contribution in [0.25, 0.3) is 0 Å². The Labute approximate surface area is 90.4 Å². The molecule has 0 aromatic heterocycles. The number of hydrogen-bond acceptors (Lipinski definition) is 3. The molecular weight excluding hydrogens is 192 g/mol. The highest BCUT2D eigenvalue weighted by molar-refractivity contribution is 5.84. The van der Waals surface area contributed by atoms with Crippen LogP contribution in [-0.4, -0.2) is 40.6 Å². The minimum atomic E-state index is -0.686. The number of nitrogens with two attached hydrogens (primary N) is 1. The van der Waals surface area contributed by atoms with Crippen molar-refractivity contribution in [3.05, 3.63) is 0 Å². The number of rotatable bonds is 1. The van der Waals surface area contributed by atoms with Crippen LogP contribution in [0.5, 0.6) is 0 Å². The normalized spacial score (nSPS) is 38.9. The van der Waals surface area contributed by atoms with Crippen molar-refractivity contribution in [2.45, 2.75) is 44.8 Å². The Hall–Kier alpha value is -0.610. The zero-order valence-corrected chi connectivity index (χ0v) is 9.49. The second-order valence-electron chi connectivity index (χ2n) is 5.57. The predicted molar refractivity (Wildman–Crippen MR) is 57.1 cm³/mol. The van der Waals surface area contributed by atoms with Crippen LogP contribution in [-0.2, 0) is 4.79 Å². The van der Waals surface area contributed by atoms with Crippen molar-refractivity contribution in [1.29, 1.82) is 0 Å². The maximum atomic E-state index is 12.2. The molecule has 2 rings (SSSR count). The first-order chi connectivity index (χ1) is 6.85. The fourth-order valence-corrected chi connectivity index (χ4v) is 2.74. The van der Waals surface area contributed by atoms with Gasteiger partial charge in [-0.2, -0.15) is 0 Å². The first-order valence-corrected chi connectivity index (χ1v) is 5.62. The molecule has 0 spiro atoms. The van der Waals surface area contributed by atoms with Crippen molar-refractivity contribution in [1.82, 2.24) is 4.90 Å². The molecule has 2 unspecified atom stereocenters. The van der Waals surface area contributed by atoms with Crippen molar-refractivity contribution in [3.63, 3.8) is 0 Å². The maximum absolute atomic E-state index is 12.2. The van der Waals surface area contributed by atoms with Gasteiger partial charge in [0.2, 0.25) is 5.91 Å². The van der Waals surface area contributed by atoms with E-state index < -0.39 is 11.0 Å². The average molecular weight is 212 g/mol. The summed E-state index contributed by atoms with van der Waals surface area (Å²) in [6, 6.07) is -0.0180. The average Bonchev–Trinajstić information content (AvgIpc) is 2.43. The summed E-state index contributed by atoms with van der Waals surface area (Å²) >= 11 is 0. The molecule has 1 aliphatic carbocycles. The van der Waals surface area contributed by atoms with Crippen molar-refractivity contribution < 1.29 is 9.90 Å². The van der Waals surface area contributed by atoms with E-state index in [0.717, 1.165) is 19.3 Å². The highest BCUT2D eigenvalue weighted by Crippen LogP contribution is 2.40. The van der Waals surface area contributed by atoms with E-state index in [1.807, 2.05) is 6.92 Å². The molecule has 1 amide bonds. The summed E-state index contributed by atoms with van der Waals surface area (Å²) in [6.07, 6.45) is 2.85. The number of β-amino-alcohol motifs (C(OH)–C–C–N with tert-alkyl or cyclic N) is 1. The number of amides is 1. The van der Waals surface area contributed by atoms with Crippen LogP contribution in [0.15, 0.2) is 0 Å². The molecule has 2 aliphatic rings. The monoisotopic (exact) mass is 212 g/mol. The molecule has 1 aliphatic heterocycles. The SMILES string of the molecule is CC1(O)CN(C(=O)C2(C)CCCC2N)C1. The lowest BCUT2D eigenvalue weighted by molar-refractivity contribution is -0.162. The molecule has 4 heteroatoms. The predicted octanol–water partition coefficient (Wildman–Crippen LogP) is 0.0971. The molecule has 4 nitrogen and oxygen atoms in total. The molecule has 0 radical (unpaired) electrons. The molecule has 1 saturated carbocycles. The minimum Gasteiger partial charge on any atom is -0.386 e. The summed E-state index contributed by atoms with van der Waals surface area (Å²) < 4.78 is 0. The number of nitrogens with zero attached hydrogens (tertiary/aromatic N) is 1. The Bertz CT molecular complexity index is 282. The minimum absolute atomic E-state index is 0.0180. The number of aliphatic hydroxyl groups is 1. The quantitative estimate of drug-likeness (QED) is 0.647. The molecule has 2 fully saturated rings. The highest BCUT2D eigenvalue weighted by Gasteiger charge is 2.50. The number of likely N-dealkylation sites (tertiary alicyclic amines) is 1. The van der Waals surface area contributed by atoms with Gasteiger partial charge in [-0.3, -0.25) is 4.79 Å². The molecular formula is C11H20N2O2. The summed E-state index contributed by atoms with van der Waals surface area (Å²) in [4.78, 5) is 13.9. The van der Waals surface area contributed by atoms with Gasteiger partial charge in [-0.05, 0) is 26.7 Å². The van der Waals surface area contributed by atoms with Crippen molar-refractivity contribution in [3.8, 4) is 0 Å². The summed E-state index contributed by atoms with van der Waals surface area (Å²) in [7, 11) is 0. The topological polar surface area (TPSA) is 66.6 Å². The van der Waals surface area contributed by atoms with Gasteiger partial charge in [0.25, 0.3) is 0 Å². The first-order valence-electron chi connectivity index (χ1n) is 5.62. The van der Waals surface area contributed by atoms with Gasteiger partial charge in [-0.1, -0.05) is 6.42 Å². The number of hydrogen-bond donors (Lipinski definition) is 2. The zero-order valence-electron chi connectivity index (χ0n) is 9.49. The molecule has 0 aromatic carbocycles. The standard InChI is InChI=1S/C11H20N2O2/c1-10(15)6-13(7-10)9(14)11(2)5-3-4-8(11)12/h8,15H,3-7,12H2,1-2H3. The van der Waals surface area contributed by atoms with E-state index in [2.05, 4.69) is 0 Å². The lowest BCUT2D eigenvalue weighted by Crippen LogP contribution is -2.65. The highest BCUT2D eigenvalue weighted by atomic mass is 16.3. The van der Waals surface area contributed by atoms with Gasteiger partial charge < -0.3 is 15.7 Å². The van der Waals surface area contributed by atoms with Gasteiger partial charge in [-0.25, -0.2) is 0 Å². The van der Waals surface area contributed by atoms with Crippen molar-refractivity contribution >= 4 is 5.91 Å². The van der Waals surface area contributed by atoms with E-state index in [4.69, 9.17) is 5.73 Å². The zero-order chi connectivity index (χ0) is 11.3. The van der Waals surface area contributed by atoms with E-state index in [1.54, 1.807) is 11.8 Å². The van der Waals surface area contributed by atoms with Crippen molar-refractivity contribution in [2.75, 3.05) is 13.1 Å². The van der Waals surface area contributed by atoms with Gasteiger partial charge in [-0.15, -0.1) is 0 Å². The lowest BCUT2D eigenvalue weighted by Gasteiger charge is -2.47. The molecule has 15 heavy (non-hydrogen) atoms. The molecule has 2 atom stereocenters. The largest absolute Gasteiger partial charge is 0.386 e. The van der Waals surface area contributed by atoms with Crippen LogP contribution >= 0.6 is 0 Å². The van der Waals surface area contributed by atoms with Crippen LogP contribution < -0.4 is 5.73 Å². The number of carbonyl (C=O) groups is 1. The van der Waals surface area contributed by atoms with E-state index in [9.17, 15) is 9.90 Å². The first kappa shape index (κ1) is 10.9. The second kappa shape index (κ2) is 3.19. The summed E-state index contributed by atoms with van der Waals surface area (Å²) in [6.45, 7) is 4.62. The van der Waals surface area contributed by atoms with Gasteiger partial charge in [0.15, 0.2) is 0 Å². The molecule has 86 valence electrons. The van der Waals surface area contributed by atoms with Gasteiger partial charge in [0.1, 0.15) is 0 Å². The Kier molecular flexibility index (Phi) is 2.32. The van der Waals surface area contributed by atoms with E-state index >= 15 is 0 Å². The van der Waals surface area contributed by atoms with E-state index in [-0.39, 0.29) is 11.9 Å². The third-order valence-electron chi connectivity index (χ3n) is 3.87. The lowest BCUT2D eigenvalue weighted by atomic mass is 9.81. The Balaban J connectivity index is 2.03. The molecule has 1 saturated heterocycles. The number of carbonyl (C=O) groups excluding carboxylic acids is 1. The van der Waals surface area contributed by atoms with Gasteiger partial charge >= 0.3 is 0 Å². The fraction of sp³-hybridized carbons (Fsp3) is 0.909. The Morgan fingerprint density at radius 1 is 1.47 bits per heavy atom. The fourth-order valence-electron chi connectivity index (χ4n) is 2.74. The van der Waals surface area contributed by atoms with Crippen LogP contribution in [0, 0.1) is 5.41 Å². The molecule has 0 bridgehead atoms. The molecule has 3 N–H and O–H groups in total. The van der Waals surface area contributed by atoms with Gasteiger partial charge in [0, 0.05) is 6.04 Å². The summed E-state index contributed by atoms with van der Waals surface area (Å²) in [5.41, 5.74) is 4.91. The molecule has 0 aromatic rings. The summed E-state index contributed by atoms with van der Waals surface area (Å²) in [5.74, 6) is 0.124. The van der Waals surface area contributed by atoms with E-state index in [1.165, 1.54) is 0 Å². The van der Waals surface area contributed by atoms with Crippen molar-refractivity contribution in [2.24, 2.45) is 11.1 Å². The van der Waals surface area contributed by atoms with Gasteiger partial charge in [0.05, 0.1) is 24.1 Å². The Morgan fingerprint density at radius 2 is 2.07 bits per heavy atom.